The molecule has 0 radical (unpaired) electrons. The Kier molecular flexibility index (Phi) is 4.79. The quantitative estimate of drug-likeness (QED) is 0.755. The molecular weight excluding hydrogens is 349 g/mol. The molecule has 1 N–H and O–H groups in total. The van der Waals surface area contributed by atoms with Crippen LogP contribution in [0.5, 0.6) is 5.75 Å². The smallest absolute Gasteiger partial charge is 0.422 e. The predicted octanol–water partition coefficient (Wildman–Crippen LogP) is 3.16. The normalized spacial score (nSPS) is 12.8. The summed E-state index contributed by atoms with van der Waals surface area (Å²) in [5.41, 5.74) is 1.53. The van der Waals surface area contributed by atoms with Gasteiger partial charge in [-0.2, -0.15) is 18.3 Å². The molecule has 3 heterocycles. The number of halogens is 3. The number of alkyl halides is 3. The summed E-state index contributed by atoms with van der Waals surface area (Å²) in [5.74, 6) is -0.370. The number of nitrogens with zero attached hydrogens (tertiary/aromatic N) is 3. The summed E-state index contributed by atoms with van der Waals surface area (Å²) in [5, 5.41) is 6.93. The van der Waals surface area contributed by atoms with Crippen LogP contribution >= 0.6 is 0 Å². The van der Waals surface area contributed by atoms with Gasteiger partial charge in [0.05, 0.1) is 23.4 Å². The molecule has 1 amide bonds. The lowest BCUT2D eigenvalue weighted by Gasteiger charge is -2.13. The van der Waals surface area contributed by atoms with Gasteiger partial charge in [-0.3, -0.25) is 9.78 Å². The van der Waals surface area contributed by atoms with Gasteiger partial charge < -0.3 is 10.1 Å². The Bertz CT molecular complexity index is 873. The van der Waals surface area contributed by atoms with Crippen molar-refractivity contribution in [3.63, 3.8) is 0 Å². The molecular formula is C17H15F3N4O2. The van der Waals surface area contributed by atoms with E-state index in [-0.39, 0.29) is 17.4 Å². The minimum Gasteiger partial charge on any atom is -0.483 e. The minimum absolute atomic E-state index is 0.00459. The van der Waals surface area contributed by atoms with E-state index < -0.39 is 18.8 Å². The number of carbonyl (C=O) groups excluding carboxylic acids is 1. The number of fused-ring (bicyclic) bond motifs is 1. The molecule has 3 aromatic heterocycles. The highest BCUT2D eigenvalue weighted by Gasteiger charge is 2.28. The largest absolute Gasteiger partial charge is 0.483 e. The van der Waals surface area contributed by atoms with Gasteiger partial charge in [0, 0.05) is 6.20 Å². The predicted molar refractivity (Wildman–Crippen MR) is 86.9 cm³/mol. The Morgan fingerprint density at radius 3 is 2.77 bits per heavy atom. The summed E-state index contributed by atoms with van der Waals surface area (Å²) < 4.78 is 42.6. The Balaban J connectivity index is 1.63. The van der Waals surface area contributed by atoms with E-state index in [4.69, 9.17) is 0 Å². The minimum atomic E-state index is -4.41. The molecule has 0 aliphatic heterocycles. The molecule has 3 aromatic rings. The third-order valence-electron chi connectivity index (χ3n) is 3.56. The van der Waals surface area contributed by atoms with Crippen molar-refractivity contribution in [2.45, 2.75) is 19.1 Å². The molecule has 0 saturated carbocycles. The lowest BCUT2D eigenvalue weighted by Crippen LogP contribution is -2.27. The molecule has 3 rings (SSSR count). The van der Waals surface area contributed by atoms with E-state index in [1.807, 2.05) is 12.1 Å². The zero-order valence-corrected chi connectivity index (χ0v) is 13.7. The standard InChI is InChI=1S/C17H15F3N4O2/c1-11(14-6-5-13(9-21-14)26-10-17(18,19)20)22-16(25)15-8-12-4-2-3-7-24(12)23-15/h2-9,11H,10H2,1H3,(H,22,25). The van der Waals surface area contributed by atoms with Gasteiger partial charge in [-0.05, 0) is 37.3 Å². The van der Waals surface area contributed by atoms with Crippen molar-refractivity contribution >= 4 is 11.4 Å². The van der Waals surface area contributed by atoms with Crippen molar-refractivity contribution in [1.82, 2.24) is 19.9 Å². The van der Waals surface area contributed by atoms with Gasteiger partial charge in [0.25, 0.3) is 5.91 Å². The Labute approximate surface area is 146 Å². The van der Waals surface area contributed by atoms with Crippen molar-refractivity contribution in [3.05, 3.63) is 60.2 Å². The van der Waals surface area contributed by atoms with E-state index in [1.54, 1.807) is 29.8 Å². The Morgan fingerprint density at radius 1 is 1.31 bits per heavy atom. The fraction of sp³-hybridized carbons (Fsp3) is 0.235. The van der Waals surface area contributed by atoms with Crippen molar-refractivity contribution in [1.29, 1.82) is 0 Å². The molecule has 1 unspecified atom stereocenters. The molecule has 6 nitrogen and oxygen atoms in total. The average molecular weight is 364 g/mol. The molecule has 0 aliphatic rings. The van der Waals surface area contributed by atoms with Gasteiger partial charge in [0.2, 0.25) is 0 Å². The SMILES string of the molecule is CC(NC(=O)c1cc2ccccn2n1)c1ccc(OCC(F)(F)F)cn1. The van der Waals surface area contributed by atoms with Crippen LogP contribution in [-0.2, 0) is 0 Å². The number of aromatic nitrogens is 3. The molecule has 26 heavy (non-hydrogen) atoms. The zero-order valence-electron chi connectivity index (χ0n) is 13.7. The van der Waals surface area contributed by atoms with E-state index in [1.165, 1.54) is 18.3 Å². The topological polar surface area (TPSA) is 68.5 Å². The van der Waals surface area contributed by atoms with Crippen LogP contribution in [0.25, 0.3) is 5.52 Å². The van der Waals surface area contributed by atoms with Crippen LogP contribution in [0.1, 0.15) is 29.1 Å². The van der Waals surface area contributed by atoms with Gasteiger partial charge in [0.1, 0.15) is 5.75 Å². The number of ether oxygens (including phenoxy) is 1. The van der Waals surface area contributed by atoms with Crippen molar-refractivity contribution in [2.24, 2.45) is 0 Å². The van der Waals surface area contributed by atoms with Crippen molar-refractivity contribution in [2.75, 3.05) is 6.61 Å². The fourth-order valence-electron chi connectivity index (χ4n) is 2.29. The Hall–Kier alpha value is -3.10. The second-order valence-electron chi connectivity index (χ2n) is 5.62. The first-order valence-corrected chi connectivity index (χ1v) is 7.72. The van der Waals surface area contributed by atoms with Gasteiger partial charge in [-0.15, -0.1) is 0 Å². The van der Waals surface area contributed by atoms with E-state index in [2.05, 4.69) is 20.1 Å². The highest BCUT2D eigenvalue weighted by molar-refractivity contribution is 5.93. The zero-order chi connectivity index (χ0) is 18.7. The first-order valence-electron chi connectivity index (χ1n) is 7.72. The molecule has 9 heteroatoms. The molecule has 0 fully saturated rings. The fourth-order valence-corrected chi connectivity index (χ4v) is 2.29. The summed E-state index contributed by atoms with van der Waals surface area (Å²) >= 11 is 0. The summed E-state index contributed by atoms with van der Waals surface area (Å²) in [6, 6.07) is 9.55. The number of hydrogen-bond donors (Lipinski definition) is 1. The van der Waals surface area contributed by atoms with E-state index >= 15 is 0 Å². The van der Waals surface area contributed by atoms with E-state index in [0.29, 0.717) is 5.69 Å². The van der Waals surface area contributed by atoms with Crippen molar-refractivity contribution < 1.29 is 22.7 Å². The molecule has 136 valence electrons. The second kappa shape index (κ2) is 7.03. The second-order valence-corrected chi connectivity index (χ2v) is 5.62. The monoisotopic (exact) mass is 364 g/mol. The molecule has 1 atom stereocenters. The molecule has 0 aromatic carbocycles. The average Bonchev–Trinajstić information content (AvgIpc) is 3.04. The molecule has 0 aliphatic carbocycles. The summed E-state index contributed by atoms with van der Waals surface area (Å²) in [7, 11) is 0. The van der Waals surface area contributed by atoms with Gasteiger partial charge in [-0.1, -0.05) is 6.07 Å². The maximum Gasteiger partial charge on any atom is 0.422 e. The first kappa shape index (κ1) is 17.7. The number of pyridine rings is 2. The van der Waals surface area contributed by atoms with Gasteiger partial charge >= 0.3 is 6.18 Å². The van der Waals surface area contributed by atoms with Crippen LogP contribution in [0.2, 0.25) is 0 Å². The molecule has 0 bridgehead atoms. The van der Waals surface area contributed by atoms with Crippen LogP contribution in [0.15, 0.2) is 48.8 Å². The number of carbonyl (C=O) groups is 1. The van der Waals surface area contributed by atoms with Crippen LogP contribution in [0.4, 0.5) is 13.2 Å². The number of nitrogens with one attached hydrogen (secondary N) is 1. The third kappa shape index (κ3) is 4.29. The van der Waals surface area contributed by atoms with Gasteiger partial charge in [0.15, 0.2) is 12.3 Å². The maximum atomic E-state index is 12.3. The third-order valence-corrected chi connectivity index (χ3v) is 3.56. The highest BCUT2D eigenvalue weighted by Crippen LogP contribution is 2.19. The van der Waals surface area contributed by atoms with Crippen LogP contribution in [0.3, 0.4) is 0 Å². The highest BCUT2D eigenvalue weighted by atomic mass is 19.4. The summed E-state index contributed by atoms with van der Waals surface area (Å²) in [6.07, 6.45) is -1.49. The number of amides is 1. The molecule has 0 spiro atoms. The maximum absolute atomic E-state index is 12.3. The van der Waals surface area contributed by atoms with Crippen LogP contribution in [-0.4, -0.2) is 33.3 Å². The lowest BCUT2D eigenvalue weighted by atomic mass is 10.2. The Morgan fingerprint density at radius 2 is 2.12 bits per heavy atom. The summed E-state index contributed by atoms with van der Waals surface area (Å²) in [4.78, 5) is 16.3. The number of rotatable bonds is 5. The number of hydrogen-bond acceptors (Lipinski definition) is 4. The lowest BCUT2D eigenvalue weighted by molar-refractivity contribution is -0.153. The van der Waals surface area contributed by atoms with Crippen LogP contribution < -0.4 is 10.1 Å². The molecule has 0 saturated heterocycles. The van der Waals surface area contributed by atoms with Gasteiger partial charge in [-0.25, -0.2) is 4.52 Å². The van der Waals surface area contributed by atoms with Crippen LogP contribution in [0, 0.1) is 0 Å². The van der Waals surface area contributed by atoms with E-state index in [0.717, 1.165) is 5.52 Å². The summed E-state index contributed by atoms with van der Waals surface area (Å²) in [6.45, 7) is 0.334. The first-order chi connectivity index (χ1) is 12.3. The van der Waals surface area contributed by atoms with Crippen molar-refractivity contribution in [3.8, 4) is 5.75 Å². The van der Waals surface area contributed by atoms with E-state index in [9.17, 15) is 18.0 Å².